The van der Waals surface area contributed by atoms with Gasteiger partial charge >= 0.3 is 0 Å². The molecule has 1 aliphatic rings. The number of nitrogens with zero attached hydrogens (tertiary/aromatic N) is 1. The molecule has 0 unspecified atom stereocenters. The van der Waals surface area contributed by atoms with Crippen LogP contribution in [0.5, 0.6) is 0 Å². The van der Waals surface area contributed by atoms with E-state index in [1.54, 1.807) is 11.3 Å². The van der Waals surface area contributed by atoms with Crippen LogP contribution in [-0.2, 0) is 11.3 Å². The van der Waals surface area contributed by atoms with Gasteiger partial charge in [0.1, 0.15) is 0 Å². The number of carbonyl (C=O) groups excluding carboxylic acids is 1. The Morgan fingerprint density at radius 2 is 2.22 bits per heavy atom. The van der Waals surface area contributed by atoms with Gasteiger partial charge in [-0.15, -0.1) is 11.3 Å². The first-order valence-electron chi connectivity index (χ1n) is 6.83. The van der Waals surface area contributed by atoms with Crippen LogP contribution in [0, 0.1) is 0 Å². The van der Waals surface area contributed by atoms with Gasteiger partial charge in [-0.2, -0.15) is 0 Å². The van der Waals surface area contributed by atoms with E-state index in [0.29, 0.717) is 18.4 Å². The third-order valence-electron chi connectivity index (χ3n) is 3.31. The lowest BCUT2D eigenvalue weighted by Crippen LogP contribution is -2.32. The molecule has 4 heteroatoms. The minimum atomic E-state index is 0.322. The second kappa shape index (κ2) is 6.90. The van der Waals surface area contributed by atoms with Gasteiger partial charge in [0.2, 0.25) is 5.91 Å². The molecule has 3 nitrogen and oxygen atoms in total. The molecule has 1 saturated carbocycles. The molecule has 2 rings (SSSR count). The summed E-state index contributed by atoms with van der Waals surface area (Å²) in [6, 6.07) is 4.67. The van der Waals surface area contributed by atoms with E-state index < -0.39 is 0 Å². The summed E-state index contributed by atoms with van der Waals surface area (Å²) >= 11 is 1.74. The summed E-state index contributed by atoms with van der Waals surface area (Å²) in [6.45, 7) is 1.54. The molecule has 1 fully saturated rings. The van der Waals surface area contributed by atoms with Gasteiger partial charge in [0.25, 0.3) is 0 Å². The lowest BCUT2D eigenvalue weighted by molar-refractivity contribution is -0.132. The van der Waals surface area contributed by atoms with Crippen molar-refractivity contribution in [1.29, 1.82) is 0 Å². The molecule has 1 amide bonds. The van der Waals surface area contributed by atoms with Crippen LogP contribution in [0.25, 0.3) is 0 Å². The molecule has 0 saturated heterocycles. The van der Waals surface area contributed by atoms with Gasteiger partial charge in [-0.3, -0.25) is 4.79 Å². The fraction of sp³-hybridized carbons (Fsp3) is 0.643. The maximum atomic E-state index is 12.2. The van der Waals surface area contributed by atoms with E-state index in [1.807, 2.05) is 0 Å². The van der Waals surface area contributed by atoms with Gasteiger partial charge in [0.05, 0.1) is 6.54 Å². The molecule has 2 N–H and O–H groups in total. The zero-order chi connectivity index (χ0) is 12.8. The molecule has 0 aromatic carbocycles. The monoisotopic (exact) mass is 266 g/mol. The number of amides is 1. The second-order valence-corrected chi connectivity index (χ2v) is 5.96. The standard InChI is InChI=1S/C14H22N2OS/c15-9-3-1-2-6-14(17)16(12-7-8-12)11-13-5-4-10-18-13/h4-5,10,12H,1-3,6-9,11,15H2. The highest BCUT2D eigenvalue weighted by atomic mass is 32.1. The van der Waals surface area contributed by atoms with Crippen molar-refractivity contribution in [3.8, 4) is 0 Å². The van der Waals surface area contributed by atoms with Crippen LogP contribution in [0.4, 0.5) is 0 Å². The molecule has 0 spiro atoms. The van der Waals surface area contributed by atoms with Crippen molar-refractivity contribution in [2.45, 2.75) is 51.1 Å². The molecule has 100 valence electrons. The van der Waals surface area contributed by atoms with Crippen molar-refractivity contribution in [2.75, 3.05) is 6.54 Å². The number of rotatable bonds is 8. The summed E-state index contributed by atoms with van der Waals surface area (Å²) in [5.41, 5.74) is 5.46. The van der Waals surface area contributed by atoms with Gasteiger partial charge in [0.15, 0.2) is 0 Å². The van der Waals surface area contributed by atoms with Gasteiger partial charge in [-0.25, -0.2) is 0 Å². The first kappa shape index (κ1) is 13.6. The van der Waals surface area contributed by atoms with Crippen LogP contribution in [0.1, 0.15) is 43.4 Å². The van der Waals surface area contributed by atoms with Gasteiger partial charge in [-0.1, -0.05) is 12.5 Å². The number of hydrogen-bond acceptors (Lipinski definition) is 3. The fourth-order valence-corrected chi connectivity index (χ4v) is 2.82. The Bertz CT molecular complexity index is 360. The lowest BCUT2D eigenvalue weighted by atomic mass is 10.1. The summed E-state index contributed by atoms with van der Waals surface area (Å²) < 4.78 is 0. The summed E-state index contributed by atoms with van der Waals surface area (Å²) in [6.07, 6.45) is 6.12. The molecule has 0 radical (unpaired) electrons. The van der Waals surface area contributed by atoms with Crippen LogP contribution in [0.3, 0.4) is 0 Å². The predicted octanol–water partition coefficient (Wildman–Crippen LogP) is 2.76. The van der Waals surface area contributed by atoms with E-state index >= 15 is 0 Å². The molecule has 18 heavy (non-hydrogen) atoms. The lowest BCUT2D eigenvalue weighted by Gasteiger charge is -2.21. The fourth-order valence-electron chi connectivity index (χ4n) is 2.12. The number of carbonyl (C=O) groups is 1. The predicted molar refractivity (Wildman–Crippen MR) is 75.4 cm³/mol. The van der Waals surface area contributed by atoms with E-state index in [1.165, 1.54) is 17.7 Å². The average molecular weight is 266 g/mol. The molecule has 0 atom stereocenters. The minimum absolute atomic E-state index is 0.322. The summed E-state index contributed by atoms with van der Waals surface area (Å²) in [4.78, 5) is 15.6. The number of unbranched alkanes of at least 4 members (excludes halogenated alkanes) is 2. The largest absolute Gasteiger partial charge is 0.335 e. The number of nitrogens with two attached hydrogens (primary N) is 1. The highest BCUT2D eigenvalue weighted by molar-refractivity contribution is 7.09. The molecule has 1 aromatic rings. The molecule has 0 bridgehead atoms. The Hall–Kier alpha value is -0.870. The Balaban J connectivity index is 1.79. The zero-order valence-corrected chi connectivity index (χ0v) is 11.6. The normalized spacial score (nSPS) is 14.7. The summed E-state index contributed by atoms with van der Waals surface area (Å²) in [5.74, 6) is 0.322. The van der Waals surface area contributed by atoms with Crippen molar-refractivity contribution in [3.05, 3.63) is 22.4 Å². The maximum Gasteiger partial charge on any atom is 0.223 e. The van der Waals surface area contributed by atoms with Crippen molar-refractivity contribution in [2.24, 2.45) is 5.73 Å². The zero-order valence-electron chi connectivity index (χ0n) is 10.8. The Kier molecular flexibility index (Phi) is 5.20. The quantitative estimate of drug-likeness (QED) is 0.735. The smallest absolute Gasteiger partial charge is 0.223 e. The first-order valence-corrected chi connectivity index (χ1v) is 7.71. The summed E-state index contributed by atoms with van der Waals surface area (Å²) in [7, 11) is 0. The van der Waals surface area contributed by atoms with Crippen LogP contribution < -0.4 is 5.73 Å². The van der Waals surface area contributed by atoms with E-state index in [2.05, 4.69) is 22.4 Å². The third kappa shape index (κ3) is 4.10. The molecule has 0 aliphatic heterocycles. The van der Waals surface area contributed by atoms with Crippen LogP contribution in [0.2, 0.25) is 0 Å². The molecule has 1 aliphatic carbocycles. The van der Waals surface area contributed by atoms with Crippen molar-refractivity contribution in [3.63, 3.8) is 0 Å². The SMILES string of the molecule is NCCCCCC(=O)N(Cc1cccs1)C1CC1. The first-order chi connectivity index (χ1) is 8.81. The highest BCUT2D eigenvalue weighted by Crippen LogP contribution is 2.30. The van der Waals surface area contributed by atoms with Crippen LogP contribution >= 0.6 is 11.3 Å². The van der Waals surface area contributed by atoms with E-state index in [-0.39, 0.29) is 0 Å². The molecule has 1 heterocycles. The van der Waals surface area contributed by atoms with E-state index in [0.717, 1.165) is 32.4 Å². The third-order valence-corrected chi connectivity index (χ3v) is 4.17. The average Bonchev–Trinajstić information content (AvgIpc) is 3.08. The topological polar surface area (TPSA) is 46.3 Å². The molecule has 1 aromatic heterocycles. The maximum absolute atomic E-state index is 12.2. The minimum Gasteiger partial charge on any atom is -0.335 e. The number of thiophene rings is 1. The number of hydrogen-bond donors (Lipinski definition) is 1. The highest BCUT2D eigenvalue weighted by Gasteiger charge is 2.32. The molecular weight excluding hydrogens is 244 g/mol. The van der Waals surface area contributed by atoms with Gasteiger partial charge in [-0.05, 0) is 43.7 Å². The van der Waals surface area contributed by atoms with Crippen molar-refractivity contribution in [1.82, 2.24) is 4.90 Å². The Morgan fingerprint density at radius 3 is 2.83 bits per heavy atom. The van der Waals surface area contributed by atoms with Crippen molar-refractivity contribution >= 4 is 17.2 Å². The van der Waals surface area contributed by atoms with Crippen LogP contribution in [-0.4, -0.2) is 23.4 Å². The second-order valence-electron chi connectivity index (χ2n) is 4.93. The van der Waals surface area contributed by atoms with Gasteiger partial charge in [0, 0.05) is 17.3 Å². The molecular formula is C14H22N2OS. The van der Waals surface area contributed by atoms with E-state index in [9.17, 15) is 4.79 Å². The van der Waals surface area contributed by atoms with Crippen LogP contribution in [0.15, 0.2) is 17.5 Å². The summed E-state index contributed by atoms with van der Waals surface area (Å²) in [5, 5.41) is 2.08. The Labute approximate surface area is 113 Å². The van der Waals surface area contributed by atoms with Crippen molar-refractivity contribution < 1.29 is 4.79 Å². The van der Waals surface area contributed by atoms with E-state index in [4.69, 9.17) is 5.73 Å². The van der Waals surface area contributed by atoms with Gasteiger partial charge < -0.3 is 10.6 Å². The Morgan fingerprint density at radius 1 is 1.39 bits per heavy atom.